The SMILES string of the molecule is CS(=O)(=O)Nc1ccc(Oc2ncccc2C(=O)NC[C@H]2CCCO2)cc1. The van der Waals surface area contributed by atoms with Gasteiger partial charge in [0.1, 0.15) is 11.3 Å². The van der Waals surface area contributed by atoms with E-state index in [1.165, 1.54) is 6.20 Å². The Bertz CT molecular complexity index is 893. The first-order chi connectivity index (χ1) is 12.9. The quantitative estimate of drug-likeness (QED) is 0.749. The number of amides is 1. The van der Waals surface area contributed by atoms with Crippen LogP contribution in [0.25, 0.3) is 0 Å². The number of pyridine rings is 1. The van der Waals surface area contributed by atoms with E-state index >= 15 is 0 Å². The van der Waals surface area contributed by atoms with Gasteiger partial charge in [0.2, 0.25) is 15.9 Å². The summed E-state index contributed by atoms with van der Waals surface area (Å²) in [6.07, 6.45) is 4.60. The molecule has 0 aliphatic carbocycles. The van der Waals surface area contributed by atoms with E-state index in [4.69, 9.17) is 9.47 Å². The fourth-order valence-electron chi connectivity index (χ4n) is 2.67. The van der Waals surface area contributed by atoms with Crippen molar-refractivity contribution in [2.75, 3.05) is 24.1 Å². The number of hydrogen-bond acceptors (Lipinski definition) is 6. The maximum absolute atomic E-state index is 12.5. The molecule has 1 amide bonds. The van der Waals surface area contributed by atoms with Gasteiger partial charge in [0, 0.05) is 25.0 Å². The first-order valence-corrected chi connectivity index (χ1v) is 10.4. The number of rotatable bonds is 7. The van der Waals surface area contributed by atoms with E-state index in [0.717, 1.165) is 25.7 Å². The zero-order chi connectivity index (χ0) is 19.3. The van der Waals surface area contributed by atoms with Crippen LogP contribution in [0, 0.1) is 0 Å². The zero-order valence-corrected chi connectivity index (χ0v) is 15.7. The van der Waals surface area contributed by atoms with Crippen LogP contribution in [0.2, 0.25) is 0 Å². The van der Waals surface area contributed by atoms with E-state index in [-0.39, 0.29) is 17.9 Å². The molecule has 2 heterocycles. The molecule has 9 heteroatoms. The van der Waals surface area contributed by atoms with Gasteiger partial charge in [-0.3, -0.25) is 9.52 Å². The topological polar surface area (TPSA) is 107 Å². The summed E-state index contributed by atoms with van der Waals surface area (Å²) in [6, 6.07) is 9.61. The molecule has 3 rings (SSSR count). The highest BCUT2D eigenvalue weighted by molar-refractivity contribution is 7.92. The van der Waals surface area contributed by atoms with Gasteiger partial charge in [-0.15, -0.1) is 0 Å². The molecule has 1 aliphatic heterocycles. The average Bonchev–Trinajstić information content (AvgIpc) is 3.14. The lowest BCUT2D eigenvalue weighted by atomic mass is 10.2. The second-order valence-corrected chi connectivity index (χ2v) is 7.95. The molecule has 0 radical (unpaired) electrons. The lowest BCUT2D eigenvalue weighted by Gasteiger charge is -2.13. The summed E-state index contributed by atoms with van der Waals surface area (Å²) in [5, 5.41) is 2.84. The number of carbonyl (C=O) groups excluding carboxylic acids is 1. The summed E-state index contributed by atoms with van der Waals surface area (Å²) < 4.78 is 36.1. The Balaban J connectivity index is 1.67. The van der Waals surface area contributed by atoms with Crippen LogP contribution in [0.4, 0.5) is 5.69 Å². The maximum Gasteiger partial charge on any atom is 0.256 e. The second-order valence-electron chi connectivity index (χ2n) is 6.20. The summed E-state index contributed by atoms with van der Waals surface area (Å²) in [5.41, 5.74) is 0.731. The molecule has 2 aromatic rings. The third-order valence-corrected chi connectivity index (χ3v) is 4.51. The van der Waals surface area contributed by atoms with Crippen LogP contribution in [0.15, 0.2) is 42.6 Å². The third kappa shape index (κ3) is 5.66. The molecular formula is C18H21N3O5S. The molecule has 27 heavy (non-hydrogen) atoms. The molecule has 1 atom stereocenters. The van der Waals surface area contributed by atoms with Crippen LogP contribution in [-0.2, 0) is 14.8 Å². The maximum atomic E-state index is 12.5. The fourth-order valence-corrected chi connectivity index (χ4v) is 3.23. The van der Waals surface area contributed by atoms with E-state index in [1.807, 2.05) is 0 Å². The molecule has 0 bridgehead atoms. The van der Waals surface area contributed by atoms with Gasteiger partial charge in [-0.2, -0.15) is 0 Å². The summed E-state index contributed by atoms with van der Waals surface area (Å²) in [7, 11) is -3.35. The molecule has 1 aromatic heterocycles. The number of nitrogens with one attached hydrogen (secondary N) is 2. The van der Waals surface area contributed by atoms with Crippen molar-refractivity contribution in [2.24, 2.45) is 0 Å². The molecule has 1 aliphatic rings. The van der Waals surface area contributed by atoms with E-state index in [9.17, 15) is 13.2 Å². The minimum Gasteiger partial charge on any atom is -0.438 e. The predicted octanol–water partition coefficient (Wildman–Crippen LogP) is 2.15. The number of hydrogen-bond donors (Lipinski definition) is 2. The van der Waals surface area contributed by atoms with Crippen molar-refractivity contribution < 1.29 is 22.7 Å². The van der Waals surface area contributed by atoms with Gasteiger partial charge in [0.15, 0.2) is 0 Å². The smallest absolute Gasteiger partial charge is 0.256 e. The van der Waals surface area contributed by atoms with Crippen molar-refractivity contribution in [1.29, 1.82) is 0 Å². The Morgan fingerprint density at radius 2 is 2.07 bits per heavy atom. The van der Waals surface area contributed by atoms with Crippen LogP contribution in [0.1, 0.15) is 23.2 Å². The molecular weight excluding hydrogens is 370 g/mol. The van der Waals surface area contributed by atoms with Gasteiger partial charge >= 0.3 is 0 Å². The monoisotopic (exact) mass is 391 g/mol. The van der Waals surface area contributed by atoms with Crippen LogP contribution < -0.4 is 14.8 Å². The van der Waals surface area contributed by atoms with Gasteiger partial charge in [-0.25, -0.2) is 13.4 Å². The Kier molecular flexibility index (Phi) is 5.92. The lowest BCUT2D eigenvalue weighted by Crippen LogP contribution is -2.32. The Labute approximate surface area is 158 Å². The number of aromatic nitrogens is 1. The van der Waals surface area contributed by atoms with Crippen LogP contribution >= 0.6 is 0 Å². The van der Waals surface area contributed by atoms with Crippen LogP contribution in [0.5, 0.6) is 11.6 Å². The van der Waals surface area contributed by atoms with Crippen molar-refractivity contribution in [1.82, 2.24) is 10.3 Å². The number of carbonyl (C=O) groups is 1. The standard InChI is InChI=1S/C18H21N3O5S/c1-27(23,24)21-13-6-8-14(9-7-13)26-18-16(5-2-10-19-18)17(22)20-12-15-4-3-11-25-15/h2,5-10,15,21H,3-4,11-12H2,1H3,(H,20,22)/t15-/m1/s1. The van der Waals surface area contributed by atoms with Gasteiger partial charge < -0.3 is 14.8 Å². The normalized spacial score (nSPS) is 16.7. The largest absolute Gasteiger partial charge is 0.438 e. The first-order valence-electron chi connectivity index (χ1n) is 8.51. The summed E-state index contributed by atoms with van der Waals surface area (Å²) in [5.74, 6) is 0.316. The molecule has 1 aromatic carbocycles. The molecule has 144 valence electrons. The molecule has 2 N–H and O–H groups in total. The molecule has 0 unspecified atom stereocenters. The molecule has 8 nitrogen and oxygen atoms in total. The van der Waals surface area contributed by atoms with E-state index in [2.05, 4.69) is 15.0 Å². The molecule has 1 saturated heterocycles. The van der Waals surface area contributed by atoms with Gasteiger partial charge in [-0.1, -0.05) is 0 Å². The first kappa shape index (κ1) is 19.1. The average molecular weight is 391 g/mol. The molecule has 0 spiro atoms. The Hall–Kier alpha value is -2.65. The number of ether oxygens (including phenoxy) is 2. The van der Waals surface area contributed by atoms with E-state index in [0.29, 0.717) is 23.5 Å². The summed E-state index contributed by atoms with van der Waals surface area (Å²) >= 11 is 0. The van der Waals surface area contributed by atoms with Gasteiger partial charge in [-0.05, 0) is 49.2 Å². The van der Waals surface area contributed by atoms with Gasteiger partial charge in [0.05, 0.1) is 12.4 Å². The fraction of sp³-hybridized carbons (Fsp3) is 0.333. The van der Waals surface area contributed by atoms with Crippen molar-refractivity contribution >= 4 is 21.6 Å². The van der Waals surface area contributed by atoms with E-state index in [1.54, 1.807) is 36.4 Å². The summed E-state index contributed by atoms with van der Waals surface area (Å²) in [4.78, 5) is 16.6. The predicted molar refractivity (Wildman–Crippen MR) is 101 cm³/mol. The van der Waals surface area contributed by atoms with Gasteiger partial charge in [0.25, 0.3) is 5.91 Å². The second kappa shape index (κ2) is 8.36. The number of nitrogens with zero attached hydrogens (tertiary/aromatic N) is 1. The van der Waals surface area contributed by atoms with E-state index < -0.39 is 10.0 Å². The zero-order valence-electron chi connectivity index (χ0n) is 14.8. The van der Waals surface area contributed by atoms with Crippen molar-refractivity contribution in [3.8, 4) is 11.6 Å². The van der Waals surface area contributed by atoms with Crippen molar-refractivity contribution in [3.63, 3.8) is 0 Å². The molecule has 0 saturated carbocycles. The molecule has 1 fully saturated rings. The minimum absolute atomic E-state index is 0.0462. The number of sulfonamides is 1. The Morgan fingerprint density at radius 1 is 1.30 bits per heavy atom. The number of anilines is 1. The van der Waals surface area contributed by atoms with Crippen LogP contribution in [0.3, 0.4) is 0 Å². The lowest BCUT2D eigenvalue weighted by molar-refractivity contribution is 0.0855. The van der Waals surface area contributed by atoms with Crippen molar-refractivity contribution in [3.05, 3.63) is 48.2 Å². The van der Waals surface area contributed by atoms with Crippen molar-refractivity contribution in [2.45, 2.75) is 18.9 Å². The third-order valence-electron chi connectivity index (χ3n) is 3.90. The highest BCUT2D eigenvalue weighted by atomic mass is 32.2. The highest BCUT2D eigenvalue weighted by Crippen LogP contribution is 2.24. The minimum atomic E-state index is -3.35. The number of benzene rings is 1. The van der Waals surface area contributed by atoms with Crippen LogP contribution in [-0.4, -0.2) is 44.8 Å². The summed E-state index contributed by atoms with van der Waals surface area (Å²) in [6.45, 7) is 1.17. The highest BCUT2D eigenvalue weighted by Gasteiger charge is 2.19. The Morgan fingerprint density at radius 3 is 2.74 bits per heavy atom.